The molecule has 24 heavy (non-hydrogen) atoms. The molecular formula is C17H12N3O4-. The van der Waals surface area contributed by atoms with Gasteiger partial charge in [-0.2, -0.15) is 0 Å². The highest BCUT2D eigenvalue weighted by molar-refractivity contribution is 5.86. The number of fused-ring (bicyclic) bond motifs is 1. The molecule has 0 radical (unpaired) electrons. The maximum absolute atomic E-state index is 11.0. The number of carboxylic acid groups (broad SMARTS) is 1. The number of carbonyl (C=O) groups is 1. The molecule has 0 bridgehead atoms. The van der Waals surface area contributed by atoms with Crippen LogP contribution in [0.1, 0.15) is 11.3 Å². The number of aliphatic carboxylic acids is 1. The Morgan fingerprint density at radius 1 is 1.29 bits per heavy atom. The molecule has 7 nitrogen and oxygen atoms in total. The Morgan fingerprint density at radius 3 is 2.79 bits per heavy atom. The first kappa shape index (κ1) is 15.4. The van der Waals surface area contributed by atoms with Gasteiger partial charge in [-0.3, -0.25) is 14.5 Å². The minimum atomic E-state index is -1.33. The van der Waals surface area contributed by atoms with Crippen LogP contribution < -0.4 is 5.11 Å². The third-order valence-corrected chi connectivity index (χ3v) is 3.51. The average molecular weight is 322 g/mol. The molecule has 0 unspecified atom stereocenters. The van der Waals surface area contributed by atoms with Gasteiger partial charge < -0.3 is 9.90 Å². The van der Waals surface area contributed by atoms with Gasteiger partial charge in [0.2, 0.25) is 0 Å². The lowest BCUT2D eigenvalue weighted by molar-refractivity contribution is -0.384. The average Bonchev–Trinajstić information content (AvgIpc) is 2.90. The van der Waals surface area contributed by atoms with E-state index >= 15 is 0 Å². The minimum Gasteiger partial charge on any atom is -0.545 e. The summed E-state index contributed by atoms with van der Waals surface area (Å²) in [5.41, 5.74) is 3.02. The summed E-state index contributed by atoms with van der Waals surface area (Å²) < 4.78 is 1.74. The predicted octanol–water partition coefficient (Wildman–Crippen LogP) is 1.98. The van der Waals surface area contributed by atoms with E-state index in [2.05, 4.69) is 4.98 Å². The summed E-state index contributed by atoms with van der Waals surface area (Å²) in [6.45, 7) is 1.90. The fraction of sp³-hybridized carbons (Fsp3) is 0.0588. The van der Waals surface area contributed by atoms with Crippen molar-refractivity contribution >= 4 is 23.4 Å². The smallest absolute Gasteiger partial charge is 0.270 e. The Hall–Kier alpha value is -3.48. The molecule has 2 heterocycles. The zero-order valence-electron chi connectivity index (χ0n) is 12.7. The van der Waals surface area contributed by atoms with Gasteiger partial charge in [0.25, 0.3) is 5.69 Å². The third kappa shape index (κ3) is 2.87. The summed E-state index contributed by atoms with van der Waals surface area (Å²) >= 11 is 0. The van der Waals surface area contributed by atoms with E-state index in [1.165, 1.54) is 18.2 Å². The molecule has 0 amide bonds. The molecule has 3 rings (SSSR count). The second kappa shape index (κ2) is 5.96. The van der Waals surface area contributed by atoms with E-state index in [0.717, 1.165) is 11.6 Å². The number of carboxylic acids is 1. The van der Waals surface area contributed by atoms with Crippen LogP contribution in [0.5, 0.6) is 0 Å². The van der Waals surface area contributed by atoms with Crippen LogP contribution in [-0.2, 0) is 4.79 Å². The molecule has 0 spiro atoms. The lowest BCUT2D eigenvalue weighted by atomic mass is 10.1. The van der Waals surface area contributed by atoms with Crippen LogP contribution >= 0.6 is 0 Å². The molecule has 120 valence electrons. The van der Waals surface area contributed by atoms with Crippen LogP contribution in [0.25, 0.3) is 23.0 Å². The van der Waals surface area contributed by atoms with E-state index < -0.39 is 10.9 Å². The van der Waals surface area contributed by atoms with Crippen molar-refractivity contribution in [1.82, 2.24) is 9.38 Å². The zero-order valence-corrected chi connectivity index (χ0v) is 12.7. The Labute approximate surface area is 136 Å². The number of nitro benzene ring substituents is 1. The standard InChI is InChI=1S/C17H13N3O4/c1-11-5-7-15-18-17(12-3-2-4-13(9-12)20(23)24)14(19(15)10-11)6-8-16(21)22/h2-10H,1H3,(H,21,22)/p-1/b8-6+. The van der Waals surface area contributed by atoms with Crippen LogP contribution in [0.15, 0.2) is 48.7 Å². The fourth-order valence-electron chi connectivity index (χ4n) is 2.45. The molecule has 0 aliphatic carbocycles. The second-order valence-corrected chi connectivity index (χ2v) is 5.24. The topological polar surface area (TPSA) is 101 Å². The molecule has 0 aliphatic rings. The van der Waals surface area contributed by atoms with Crippen molar-refractivity contribution in [2.24, 2.45) is 0 Å². The maximum atomic E-state index is 11.0. The first-order valence-corrected chi connectivity index (χ1v) is 7.08. The van der Waals surface area contributed by atoms with Gasteiger partial charge in [0.15, 0.2) is 0 Å². The van der Waals surface area contributed by atoms with Crippen LogP contribution in [0.3, 0.4) is 0 Å². The molecule has 0 saturated heterocycles. The van der Waals surface area contributed by atoms with Gasteiger partial charge in [-0.05, 0) is 30.7 Å². The summed E-state index contributed by atoms with van der Waals surface area (Å²) in [6, 6.07) is 9.73. The Kier molecular flexibility index (Phi) is 3.83. The molecule has 0 atom stereocenters. The van der Waals surface area contributed by atoms with E-state index in [0.29, 0.717) is 22.6 Å². The number of non-ortho nitro benzene ring substituents is 1. The highest BCUT2D eigenvalue weighted by Crippen LogP contribution is 2.28. The normalized spacial score (nSPS) is 11.2. The van der Waals surface area contributed by atoms with Crippen molar-refractivity contribution in [3.05, 3.63) is 70.0 Å². The number of hydrogen-bond acceptors (Lipinski definition) is 5. The van der Waals surface area contributed by atoms with E-state index in [1.807, 2.05) is 19.2 Å². The molecule has 0 fully saturated rings. The Bertz CT molecular complexity index is 989. The van der Waals surface area contributed by atoms with Crippen molar-refractivity contribution in [3.8, 4) is 11.3 Å². The first-order chi connectivity index (χ1) is 11.5. The second-order valence-electron chi connectivity index (χ2n) is 5.24. The highest BCUT2D eigenvalue weighted by Gasteiger charge is 2.15. The summed E-state index contributed by atoms with van der Waals surface area (Å²) in [5.74, 6) is -1.33. The van der Waals surface area contributed by atoms with E-state index in [1.54, 1.807) is 22.6 Å². The zero-order chi connectivity index (χ0) is 17.3. The fourth-order valence-corrected chi connectivity index (χ4v) is 2.45. The van der Waals surface area contributed by atoms with Gasteiger partial charge in [-0.15, -0.1) is 0 Å². The summed E-state index contributed by atoms with van der Waals surface area (Å²) in [5, 5.41) is 21.8. The molecule has 0 aliphatic heterocycles. The van der Waals surface area contributed by atoms with Crippen LogP contribution in [0, 0.1) is 17.0 Å². The SMILES string of the molecule is Cc1ccc2nc(-c3cccc([N+](=O)[O-])c3)c(/C=C/C(=O)[O-])n2c1. The van der Waals surface area contributed by atoms with E-state index in [-0.39, 0.29) is 5.69 Å². The number of aromatic nitrogens is 2. The lowest BCUT2D eigenvalue weighted by Crippen LogP contribution is -2.18. The number of rotatable bonds is 4. The van der Waals surface area contributed by atoms with Gasteiger partial charge in [-0.25, -0.2) is 4.98 Å². The number of aryl methyl sites for hydroxylation is 1. The highest BCUT2D eigenvalue weighted by atomic mass is 16.6. The monoisotopic (exact) mass is 322 g/mol. The molecule has 1 aromatic carbocycles. The summed E-state index contributed by atoms with van der Waals surface area (Å²) in [6.07, 6.45) is 4.10. The lowest BCUT2D eigenvalue weighted by Gasteiger charge is -2.02. The summed E-state index contributed by atoms with van der Waals surface area (Å²) in [7, 11) is 0. The van der Waals surface area contributed by atoms with Crippen molar-refractivity contribution in [3.63, 3.8) is 0 Å². The van der Waals surface area contributed by atoms with Crippen LogP contribution in [0.2, 0.25) is 0 Å². The quantitative estimate of drug-likeness (QED) is 0.415. The van der Waals surface area contributed by atoms with Crippen molar-refractivity contribution in [2.75, 3.05) is 0 Å². The molecule has 7 heteroatoms. The molecular weight excluding hydrogens is 310 g/mol. The Morgan fingerprint density at radius 2 is 2.08 bits per heavy atom. The number of benzene rings is 1. The van der Waals surface area contributed by atoms with Crippen LogP contribution in [0.4, 0.5) is 5.69 Å². The molecule has 0 saturated carbocycles. The van der Waals surface area contributed by atoms with Gasteiger partial charge in [0, 0.05) is 23.9 Å². The number of hydrogen-bond donors (Lipinski definition) is 0. The number of carbonyl (C=O) groups excluding carboxylic acids is 1. The molecule has 2 aromatic heterocycles. The first-order valence-electron chi connectivity index (χ1n) is 7.08. The number of nitro groups is 1. The number of pyridine rings is 1. The minimum absolute atomic E-state index is 0.0597. The number of nitrogens with zero attached hydrogens (tertiary/aromatic N) is 3. The van der Waals surface area contributed by atoms with Gasteiger partial charge in [-0.1, -0.05) is 18.2 Å². The van der Waals surface area contributed by atoms with Crippen molar-refractivity contribution < 1.29 is 14.8 Å². The number of imidazole rings is 1. The maximum Gasteiger partial charge on any atom is 0.270 e. The molecule has 3 aromatic rings. The van der Waals surface area contributed by atoms with Gasteiger partial charge in [0.05, 0.1) is 22.3 Å². The van der Waals surface area contributed by atoms with Gasteiger partial charge >= 0.3 is 0 Å². The van der Waals surface area contributed by atoms with Crippen molar-refractivity contribution in [1.29, 1.82) is 0 Å². The van der Waals surface area contributed by atoms with E-state index in [9.17, 15) is 20.0 Å². The largest absolute Gasteiger partial charge is 0.545 e. The van der Waals surface area contributed by atoms with Crippen molar-refractivity contribution in [2.45, 2.75) is 6.92 Å². The third-order valence-electron chi connectivity index (χ3n) is 3.51. The Balaban J connectivity index is 2.27. The van der Waals surface area contributed by atoms with E-state index in [4.69, 9.17) is 0 Å². The van der Waals surface area contributed by atoms with Gasteiger partial charge in [0.1, 0.15) is 5.65 Å². The van der Waals surface area contributed by atoms with Crippen LogP contribution in [-0.4, -0.2) is 20.3 Å². The molecule has 0 N–H and O–H groups in total. The predicted molar refractivity (Wildman–Crippen MR) is 86.1 cm³/mol. The summed E-state index contributed by atoms with van der Waals surface area (Å²) in [4.78, 5) is 25.7.